The molecule has 2 aliphatic heterocycles. The van der Waals surface area contributed by atoms with Crippen molar-refractivity contribution in [1.29, 1.82) is 0 Å². The van der Waals surface area contributed by atoms with Gasteiger partial charge in [0.15, 0.2) is 30.0 Å². The number of ether oxygens (including phenoxy) is 5. The van der Waals surface area contributed by atoms with Crippen LogP contribution in [0.2, 0.25) is 0 Å². The minimum absolute atomic E-state index is 0.0397. The summed E-state index contributed by atoms with van der Waals surface area (Å²) in [6.45, 7) is 4.50. The van der Waals surface area contributed by atoms with Crippen LogP contribution in [0.3, 0.4) is 0 Å². The number of unbranched alkanes of at least 4 members (excludes halogenated alkanes) is 2. The van der Waals surface area contributed by atoms with E-state index in [0.717, 1.165) is 5.92 Å². The summed E-state index contributed by atoms with van der Waals surface area (Å²) in [6, 6.07) is 0.858. The molecule has 2 saturated heterocycles. The van der Waals surface area contributed by atoms with Crippen molar-refractivity contribution in [1.82, 2.24) is 0 Å². The summed E-state index contributed by atoms with van der Waals surface area (Å²) in [6.07, 6.45) is 7.14. The third-order valence-corrected chi connectivity index (χ3v) is 9.90. The van der Waals surface area contributed by atoms with Crippen molar-refractivity contribution in [3.05, 3.63) is 29.6 Å². The zero-order valence-electron chi connectivity index (χ0n) is 24.5. The Morgan fingerprint density at radius 2 is 1.21 bits per heavy atom. The van der Waals surface area contributed by atoms with Crippen LogP contribution >= 0.6 is 0 Å². The second-order valence-corrected chi connectivity index (χ2v) is 12.8. The summed E-state index contributed by atoms with van der Waals surface area (Å²) in [7, 11) is 0. The first-order valence-electron chi connectivity index (χ1n) is 15.9. The maximum Gasteiger partial charge on any atom is 0.400 e. The zero-order valence-corrected chi connectivity index (χ0v) is 24.5. The van der Waals surface area contributed by atoms with E-state index < -0.39 is 41.5 Å². The topological polar surface area (TPSA) is 46.2 Å². The van der Waals surface area contributed by atoms with Crippen LogP contribution in [-0.2, 0) is 18.9 Å². The molecule has 5 nitrogen and oxygen atoms in total. The van der Waals surface area contributed by atoms with Gasteiger partial charge in [-0.3, -0.25) is 0 Å². The van der Waals surface area contributed by atoms with Gasteiger partial charge in [0, 0.05) is 24.0 Å². The Kier molecular flexibility index (Phi) is 11.0. The number of halogens is 5. The summed E-state index contributed by atoms with van der Waals surface area (Å²) < 4.78 is 98.4. The molecule has 5 rings (SSSR count). The maximum absolute atomic E-state index is 14.8. The standard InChI is InChI=1S/C32H45F5O5/c1-2-3-4-5-20-6-8-21(9-7-20)23-16-38-31(39-17-23)24-18-40-30(41-19-24)22-10-12-25(13-11-22)32(36,37)42-26-14-27(33)29(35)28(34)15-26/h14-15,20-25,30-31H,2-13,16-19H2,1H3. The van der Waals surface area contributed by atoms with Crippen LogP contribution in [0.1, 0.15) is 84.0 Å². The molecule has 0 radical (unpaired) electrons. The van der Waals surface area contributed by atoms with Gasteiger partial charge in [-0.2, -0.15) is 8.78 Å². The van der Waals surface area contributed by atoms with E-state index in [-0.39, 0.29) is 31.0 Å². The zero-order chi connectivity index (χ0) is 29.7. The van der Waals surface area contributed by atoms with Gasteiger partial charge in [0.05, 0.1) is 38.3 Å². The van der Waals surface area contributed by atoms with Gasteiger partial charge in [0.2, 0.25) is 0 Å². The number of rotatable bonds is 10. The molecule has 2 heterocycles. The van der Waals surface area contributed by atoms with Gasteiger partial charge in [-0.15, -0.1) is 0 Å². The smallest absolute Gasteiger partial charge is 0.400 e. The molecule has 0 aromatic heterocycles. The molecule has 10 heteroatoms. The van der Waals surface area contributed by atoms with Crippen LogP contribution in [0.4, 0.5) is 22.0 Å². The Hall–Kier alpha value is -1.49. The Labute approximate surface area is 245 Å². The molecule has 0 bridgehead atoms. The molecule has 0 amide bonds. The maximum atomic E-state index is 14.8. The van der Waals surface area contributed by atoms with Gasteiger partial charge in [0.25, 0.3) is 0 Å². The summed E-state index contributed by atoms with van der Waals surface area (Å²) in [5.74, 6) is -4.86. The summed E-state index contributed by atoms with van der Waals surface area (Å²) in [5, 5.41) is 0. The molecule has 2 saturated carbocycles. The van der Waals surface area contributed by atoms with Crippen LogP contribution in [-0.4, -0.2) is 45.1 Å². The van der Waals surface area contributed by atoms with E-state index in [9.17, 15) is 22.0 Å². The first kappa shape index (κ1) is 31.9. The summed E-state index contributed by atoms with van der Waals surface area (Å²) in [5.41, 5.74) is 0. The van der Waals surface area contributed by atoms with Crippen LogP contribution in [0.5, 0.6) is 5.75 Å². The van der Waals surface area contributed by atoms with E-state index >= 15 is 0 Å². The highest BCUT2D eigenvalue weighted by Gasteiger charge is 2.46. The second kappa shape index (κ2) is 14.5. The molecule has 0 spiro atoms. The van der Waals surface area contributed by atoms with E-state index in [4.69, 9.17) is 18.9 Å². The fraction of sp³-hybridized carbons (Fsp3) is 0.812. The minimum atomic E-state index is -3.65. The second-order valence-electron chi connectivity index (χ2n) is 12.8. The van der Waals surface area contributed by atoms with Crippen molar-refractivity contribution in [2.45, 2.75) is 103 Å². The number of alkyl halides is 2. The average molecular weight is 605 g/mol. The molecule has 42 heavy (non-hydrogen) atoms. The monoisotopic (exact) mass is 604 g/mol. The van der Waals surface area contributed by atoms with Crippen LogP contribution in [0, 0.1) is 53.0 Å². The molecule has 4 fully saturated rings. The van der Waals surface area contributed by atoms with Crippen molar-refractivity contribution >= 4 is 0 Å². The lowest BCUT2D eigenvalue weighted by Crippen LogP contribution is -2.48. The van der Waals surface area contributed by atoms with Crippen molar-refractivity contribution in [2.75, 3.05) is 26.4 Å². The summed E-state index contributed by atoms with van der Waals surface area (Å²) >= 11 is 0. The van der Waals surface area contributed by atoms with E-state index in [0.29, 0.717) is 63.2 Å². The molecule has 1 aromatic carbocycles. The van der Waals surface area contributed by atoms with Crippen LogP contribution in [0.25, 0.3) is 0 Å². The SMILES string of the molecule is CCCCCC1CCC(C2COC(C3COC(C4CCC(C(F)(F)Oc5cc(F)c(F)c(F)c5)CC4)OC3)OC2)CC1. The Bertz CT molecular complexity index is 957. The quantitative estimate of drug-likeness (QED) is 0.153. The Balaban J connectivity index is 0.995. The molecule has 0 N–H and O–H groups in total. The highest BCUT2D eigenvalue weighted by molar-refractivity contribution is 5.25. The van der Waals surface area contributed by atoms with E-state index in [1.807, 2.05) is 0 Å². The lowest BCUT2D eigenvalue weighted by atomic mass is 9.74. The summed E-state index contributed by atoms with van der Waals surface area (Å²) in [4.78, 5) is 0. The lowest BCUT2D eigenvalue weighted by molar-refractivity contribution is -0.296. The van der Waals surface area contributed by atoms with Gasteiger partial charge >= 0.3 is 6.11 Å². The highest BCUT2D eigenvalue weighted by atomic mass is 19.3. The van der Waals surface area contributed by atoms with E-state index in [1.165, 1.54) is 51.4 Å². The third kappa shape index (κ3) is 7.96. The van der Waals surface area contributed by atoms with Crippen molar-refractivity contribution in [3.63, 3.8) is 0 Å². The van der Waals surface area contributed by atoms with E-state index in [2.05, 4.69) is 11.7 Å². The van der Waals surface area contributed by atoms with Crippen LogP contribution in [0.15, 0.2) is 12.1 Å². The van der Waals surface area contributed by atoms with Gasteiger partial charge < -0.3 is 23.7 Å². The van der Waals surface area contributed by atoms with Gasteiger partial charge in [0.1, 0.15) is 5.75 Å². The fourth-order valence-electron chi connectivity index (χ4n) is 7.23. The Morgan fingerprint density at radius 1 is 0.690 bits per heavy atom. The Morgan fingerprint density at radius 3 is 1.79 bits per heavy atom. The molecule has 2 aliphatic carbocycles. The molecule has 0 atom stereocenters. The number of hydrogen-bond acceptors (Lipinski definition) is 5. The third-order valence-electron chi connectivity index (χ3n) is 9.90. The molecular formula is C32H45F5O5. The molecule has 4 aliphatic rings. The number of benzene rings is 1. The van der Waals surface area contributed by atoms with Gasteiger partial charge in [-0.05, 0) is 50.4 Å². The van der Waals surface area contributed by atoms with E-state index in [1.54, 1.807) is 0 Å². The minimum Gasteiger partial charge on any atom is -0.432 e. The predicted octanol–water partition coefficient (Wildman–Crippen LogP) is 8.25. The largest absolute Gasteiger partial charge is 0.432 e. The molecule has 1 aromatic rings. The fourth-order valence-corrected chi connectivity index (χ4v) is 7.23. The van der Waals surface area contributed by atoms with Crippen LogP contribution < -0.4 is 4.74 Å². The normalized spacial score (nSPS) is 34.7. The van der Waals surface area contributed by atoms with Gasteiger partial charge in [-0.25, -0.2) is 13.2 Å². The molecular weight excluding hydrogens is 559 g/mol. The number of hydrogen-bond donors (Lipinski definition) is 0. The first-order valence-corrected chi connectivity index (χ1v) is 15.9. The predicted molar refractivity (Wildman–Crippen MR) is 145 cm³/mol. The van der Waals surface area contributed by atoms with Crippen molar-refractivity contribution in [3.8, 4) is 5.75 Å². The molecule has 238 valence electrons. The first-order chi connectivity index (χ1) is 20.2. The highest BCUT2D eigenvalue weighted by Crippen LogP contribution is 2.43. The average Bonchev–Trinajstić information content (AvgIpc) is 3.00. The van der Waals surface area contributed by atoms with Crippen molar-refractivity contribution in [2.24, 2.45) is 35.5 Å². The molecule has 0 unspecified atom stereocenters. The van der Waals surface area contributed by atoms with Gasteiger partial charge in [-0.1, -0.05) is 45.4 Å². The van der Waals surface area contributed by atoms with Crippen molar-refractivity contribution < 1.29 is 45.6 Å². The lowest BCUT2D eigenvalue weighted by Gasteiger charge is -2.42.